The maximum atomic E-state index is 12.9. The third kappa shape index (κ3) is 3.40. The van der Waals surface area contributed by atoms with Crippen molar-refractivity contribution in [2.45, 2.75) is 34.2 Å². The van der Waals surface area contributed by atoms with Gasteiger partial charge in [0.15, 0.2) is 0 Å². The van der Waals surface area contributed by atoms with Gasteiger partial charge in [0.25, 0.3) is 5.91 Å². The van der Waals surface area contributed by atoms with Crippen molar-refractivity contribution in [1.29, 1.82) is 0 Å². The largest absolute Gasteiger partial charge is 0.337 e. The van der Waals surface area contributed by atoms with Crippen molar-refractivity contribution < 1.29 is 4.79 Å². The van der Waals surface area contributed by atoms with E-state index in [0.717, 1.165) is 39.3 Å². The van der Waals surface area contributed by atoms with E-state index in [1.807, 2.05) is 81.0 Å². The lowest BCUT2D eigenvalue weighted by Gasteiger charge is -2.19. The molecule has 0 saturated carbocycles. The molecular formula is C22H25N3O. The molecule has 0 bridgehead atoms. The fourth-order valence-corrected chi connectivity index (χ4v) is 3.29. The Morgan fingerprint density at radius 2 is 1.73 bits per heavy atom. The van der Waals surface area contributed by atoms with Crippen LogP contribution in [0.1, 0.15) is 38.4 Å². The van der Waals surface area contributed by atoms with Crippen LogP contribution in [-0.4, -0.2) is 27.6 Å². The molecule has 0 radical (unpaired) electrons. The molecule has 2 aromatic carbocycles. The molecule has 0 atom stereocenters. The van der Waals surface area contributed by atoms with Crippen LogP contribution in [0.25, 0.3) is 5.69 Å². The van der Waals surface area contributed by atoms with Crippen LogP contribution in [0, 0.1) is 27.7 Å². The summed E-state index contributed by atoms with van der Waals surface area (Å²) in [6.07, 6.45) is 0. The van der Waals surface area contributed by atoms with Gasteiger partial charge in [0, 0.05) is 30.4 Å². The minimum Gasteiger partial charge on any atom is -0.337 e. The van der Waals surface area contributed by atoms with Crippen molar-refractivity contribution in [1.82, 2.24) is 14.7 Å². The van der Waals surface area contributed by atoms with Gasteiger partial charge in [0.2, 0.25) is 0 Å². The molecule has 0 N–H and O–H groups in total. The number of aryl methyl sites for hydroxylation is 3. The van der Waals surface area contributed by atoms with Crippen molar-refractivity contribution in [3.63, 3.8) is 0 Å². The van der Waals surface area contributed by atoms with Crippen molar-refractivity contribution in [3.05, 3.63) is 82.2 Å². The third-order valence-corrected chi connectivity index (χ3v) is 4.80. The highest BCUT2D eigenvalue weighted by Crippen LogP contribution is 2.20. The molecule has 0 unspecified atom stereocenters. The van der Waals surface area contributed by atoms with Crippen molar-refractivity contribution >= 4 is 5.91 Å². The Balaban J connectivity index is 1.87. The fourth-order valence-electron chi connectivity index (χ4n) is 3.29. The monoisotopic (exact) mass is 347 g/mol. The highest BCUT2D eigenvalue weighted by atomic mass is 16.2. The first kappa shape index (κ1) is 17.9. The smallest absolute Gasteiger partial charge is 0.254 e. The second-order valence-electron chi connectivity index (χ2n) is 6.88. The number of aromatic nitrogens is 2. The predicted molar refractivity (Wildman–Crippen MR) is 105 cm³/mol. The summed E-state index contributed by atoms with van der Waals surface area (Å²) in [6, 6.07) is 16.0. The van der Waals surface area contributed by atoms with Crippen LogP contribution >= 0.6 is 0 Å². The minimum atomic E-state index is 0.0359. The van der Waals surface area contributed by atoms with Gasteiger partial charge in [-0.15, -0.1) is 0 Å². The van der Waals surface area contributed by atoms with E-state index >= 15 is 0 Å². The van der Waals surface area contributed by atoms with E-state index in [1.54, 1.807) is 4.90 Å². The standard InChI is InChI=1S/C22H25N3O/c1-15-11-12-20(16(2)13-15)22(26)24(5)14-21-17(3)23-25(18(21)4)19-9-7-6-8-10-19/h6-13H,14H2,1-5H3. The molecule has 1 aromatic heterocycles. The SMILES string of the molecule is Cc1ccc(C(=O)N(C)Cc2c(C)nn(-c3ccccc3)c2C)c(C)c1. The van der Waals surface area contributed by atoms with Crippen LogP contribution in [0.4, 0.5) is 0 Å². The zero-order chi connectivity index (χ0) is 18.8. The molecule has 1 amide bonds. The van der Waals surface area contributed by atoms with Crippen molar-refractivity contribution in [2.24, 2.45) is 0 Å². The lowest BCUT2D eigenvalue weighted by molar-refractivity contribution is 0.0784. The molecule has 0 spiro atoms. The van der Waals surface area contributed by atoms with E-state index in [9.17, 15) is 4.79 Å². The van der Waals surface area contributed by atoms with Crippen LogP contribution in [0.3, 0.4) is 0 Å². The average Bonchev–Trinajstić information content (AvgIpc) is 2.90. The summed E-state index contributed by atoms with van der Waals surface area (Å²) in [6.45, 7) is 8.61. The van der Waals surface area contributed by atoms with Gasteiger partial charge in [-0.1, -0.05) is 35.9 Å². The van der Waals surface area contributed by atoms with Gasteiger partial charge >= 0.3 is 0 Å². The van der Waals surface area contributed by atoms with Gasteiger partial charge in [0.05, 0.1) is 11.4 Å². The topological polar surface area (TPSA) is 38.1 Å². The molecule has 134 valence electrons. The number of para-hydroxylation sites is 1. The Bertz CT molecular complexity index is 942. The Hall–Kier alpha value is -2.88. The highest BCUT2D eigenvalue weighted by molar-refractivity contribution is 5.95. The third-order valence-electron chi connectivity index (χ3n) is 4.80. The Labute approximate surface area is 155 Å². The van der Waals surface area contributed by atoms with Crippen molar-refractivity contribution in [2.75, 3.05) is 7.05 Å². The van der Waals surface area contributed by atoms with Gasteiger partial charge in [-0.25, -0.2) is 4.68 Å². The molecule has 3 rings (SSSR count). The molecule has 3 aromatic rings. The van der Waals surface area contributed by atoms with Crippen molar-refractivity contribution in [3.8, 4) is 5.69 Å². The van der Waals surface area contributed by atoms with Crippen LogP contribution in [0.5, 0.6) is 0 Å². The number of hydrogen-bond donors (Lipinski definition) is 0. The fraction of sp³-hybridized carbons (Fsp3) is 0.273. The molecule has 0 saturated heterocycles. The number of hydrogen-bond acceptors (Lipinski definition) is 2. The maximum absolute atomic E-state index is 12.9. The van der Waals surface area contributed by atoms with Gasteiger partial charge in [-0.2, -0.15) is 5.10 Å². The van der Waals surface area contributed by atoms with Gasteiger partial charge in [-0.3, -0.25) is 4.79 Å². The van der Waals surface area contributed by atoms with Crippen LogP contribution in [0.15, 0.2) is 48.5 Å². The minimum absolute atomic E-state index is 0.0359. The summed E-state index contributed by atoms with van der Waals surface area (Å²) in [5.74, 6) is 0.0359. The molecule has 0 aliphatic carbocycles. The summed E-state index contributed by atoms with van der Waals surface area (Å²) in [4.78, 5) is 14.6. The zero-order valence-corrected chi connectivity index (χ0v) is 16.1. The first-order chi connectivity index (χ1) is 12.4. The molecule has 26 heavy (non-hydrogen) atoms. The van der Waals surface area contributed by atoms with E-state index in [2.05, 4.69) is 12.0 Å². The maximum Gasteiger partial charge on any atom is 0.254 e. The number of carbonyl (C=O) groups excluding carboxylic acids is 1. The number of rotatable bonds is 4. The summed E-state index contributed by atoms with van der Waals surface area (Å²) in [5.41, 5.74) is 7.06. The van der Waals surface area contributed by atoms with E-state index in [-0.39, 0.29) is 5.91 Å². The number of amides is 1. The van der Waals surface area contributed by atoms with Gasteiger partial charge < -0.3 is 4.90 Å². The first-order valence-electron chi connectivity index (χ1n) is 8.81. The molecule has 4 heteroatoms. The lowest BCUT2D eigenvalue weighted by Crippen LogP contribution is -2.27. The number of carbonyl (C=O) groups is 1. The lowest BCUT2D eigenvalue weighted by atomic mass is 10.0. The number of benzene rings is 2. The summed E-state index contributed by atoms with van der Waals surface area (Å²) < 4.78 is 1.94. The van der Waals surface area contributed by atoms with Gasteiger partial charge in [0.1, 0.15) is 0 Å². The molecular weight excluding hydrogens is 322 g/mol. The second-order valence-corrected chi connectivity index (χ2v) is 6.88. The molecule has 1 heterocycles. The molecule has 0 aliphatic heterocycles. The zero-order valence-electron chi connectivity index (χ0n) is 16.1. The van der Waals surface area contributed by atoms with Crippen LogP contribution in [-0.2, 0) is 6.54 Å². The first-order valence-corrected chi connectivity index (χ1v) is 8.81. The average molecular weight is 347 g/mol. The van der Waals surface area contributed by atoms with Crippen LogP contribution < -0.4 is 0 Å². The summed E-state index contributed by atoms with van der Waals surface area (Å²) in [7, 11) is 1.85. The van der Waals surface area contributed by atoms with E-state index in [1.165, 1.54) is 0 Å². The quantitative estimate of drug-likeness (QED) is 0.702. The molecule has 0 aliphatic rings. The van der Waals surface area contributed by atoms with Gasteiger partial charge in [-0.05, 0) is 51.5 Å². The normalized spacial score (nSPS) is 10.8. The second kappa shape index (κ2) is 7.16. The molecule has 0 fully saturated rings. The van der Waals surface area contributed by atoms with E-state index in [4.69, 9.17) is 0 Å². The summed E-state index contributed by atoms with van der Waals surface area (Å²) >= 11 is 0. The Morgan fingerprint density at radius 1 is 1.04 bits per heavy atom. The van der Waals surface area contributed by atoms with E-state index < -0.39 is 0 Å². The Morgan fingerprint density at radius 3 is 2.38 bits per heavy atom. The predicted octanol–water partition coefficient (Wildman–Crippen LogP) is 4.38. The molecule has 4 nitrogen and oxygen atoms in total. The van der Waals surface area contributed by atoms with Crippen LogP contribution in [0.2, 0.25) is 0 Å². The highest BCUT2D eigenvalue weighted by Gasteiger charge is 2.19. The van der Waals surface area contributed by atoms with E-state index in [0.29, 0.717) is 6.54 Å². The summed E-state index contributed by atoms with van der Waals surface area (Å²) in [5, 5.41) is 4.67. The number of nitrogens with zero attached hydrogens (tertiary/aromatic N) is 3. The Kier molecular flexibility index (Phi) is 4.94.